The first-order chi connectivity index (χ1) is 13.3. The van der Waals surface area contributed by atoms with Crippen LogP contribution < -0.4 is 14.4 Å². The Morgan fingerprint density at radius 1 is 1.15 bits per heavy atom. The van der Waals surface area contributed by atoms with Crippen LogP contribution in [0.2, 0.25) is 0 Å². The molecule has 0 aliphatic carbocycles. The quantitative estimate of drug-likeness (QED) is 0.751. The first-order valence-electron chi connectivity index (χ1n) is 9.23. The second-order valence-electron chi connectivity index (χ2n) is 6.92. The molecule has 0 fully saturated rings. The minimum Gasteiger partial charge on any atom is -0.454 e. The summed E-state index contributed by atoms with van der Waals surface area (Å²) in [6, 6.07) is 10.2. The van der Waals surface area contributed by atoms with Gasteiger partial charge in [0.25, 0.3) is 0 Å². The lowest BCUT2D eigenvalue weighted by Gasteiger charge is -2.28. The monoisotopic (exact) mass is 359 g/mol. The van der Waals surface area contributed by atoms with E-state index in [4.69, 9.17) is 9.47 Å². The Labute approximate surface area is 157 Å². The Hall–Kier alpha value is -3.21. The molecule has 0 radical (unpaired) electrons. The number of H-pyrrole nitrogens is 1. The number of anilines is 1. The second kappa shape index (κ2) is 6.50. The van der Waals surface area contributed by atoms with Crippen molar-refractivity contribution in [1.29, 1.82) is 0 Å². The highest BCUT2D eigenvalue weighted by Gasteiger charge is 2.18. The molecule has 136 valence electrons. The van der Waals surface area contributed by atoms with E-state index in [9.17, 15) is 0 Å². The van der Waals surface area contributed by atoms with E-state index in [2.05, 4.69) is 52.2 Å². The van der Waals surface area contributed by atoms with Gasteiger partial charge in [0.05, 0.1) is 5.69 Å². The fourth-order valence-electron chi connectivity index (χ4n) is 3.80. The number of hydrogen-bond acceptors (Lipinski definition) is 4. The summed E-state index contributed by atoms with van der Waals surface area (Å²) in [5, 5.41) is 1.20. The van der Waals surface area contributed by atoms with E-state index in [-0.39, 0.29) is 0 Å². The van der Waals surface area contributed by atoms with Crippen molar-refractivity contribution in [3.8, 4) is 11.5 Å². The fourth-order valence-corrected chi connectivity index (χ4v) is 3.80. The van der Waals surface area contributed by atoms with Gasteiger partial charge in [0.2, 0.25) is 6.79 Å². The highest BCUT2D eigenvalue weighted by atomic mass is 16.7. The lowest BCUT2D eigenvalue weighted by molar-refractivity contribution is 0.174. The first-order valence-corrected chi connectivity index (χ1v) is 9.23. The van der Waals surface area contributed by atoms with Crippen LogP contribution in [0.15, 0.2) is 54.3 Å². The van der Waals surface area contributed by atoms with Crippen molar-refractivity contribution in [3.05, 3.63) is 65.5 Å². The van der Waals surface area contributed by atoms with Crippen molar-refractivity contribution in [1.82, 2.24) is 9.97 Å². The van der Waals surface area contributed by atoms with E-state index in [1.807, 2.05) is 24.4 Å². The van der Waals surface area contributed by atoms with Crippen molar-refractivity contribution < 1.29 is 9.47 Å². The molecule has 2 aliphatic rings. The fraction of sp³-hybridized carbons (Fsp3) is 0.227. The number of allylic oxidation sites excluding steroid dienone is 1. The van der Waals surface area contributed by atoms with E-state index in [0.717, 1.165) is 42.2 Å². The van der Waals surface area contributed by atoms with E-state index in [0.29, 0.717) is 6.79 Å². The van der Waals surface area contributed by atoms with Gasteiger partial charge in [-0.3, -0.25) is 0 Å². The molecule has 3 aromatic rings. The number of ether oxygens (including phenoxy) is 2. The molecule has 1 N–H and O–H groups in total. The summed E-state index contributed by atoms with van der Waals surface area (Å²) >= 11 is 0. The Morgan fingerprint density at radius 3 is 2.96 bits per heavy atom. The third-order valence-corrected chi connectivity index (χ3v) is 5.17. The maximum atomic E-state index is 5.45. The molecular formula is C22H21N3O2. The number of hydrogen-bond donors (Lipinski definition) is 1. The summed E-state index contributed by atoms with van der Waals surface area (Å²) < 4.78 is 10.8. The van der Waals surface area contributed by atoms with Crippen LogP contribution in [-0.2, 0) is 0 Å². The zero-order valence-corrected chi connectivity index (χ0v) is 15.2. The number of rotatable bonds is 3. The number of nitrogens with one attached hydrogen (secondary N) is 1. The van der Waals surface area contributed by atoms with Crippen molar-refractivity contribution in [2.24, 2.45) is 0 Å². The number of aryl methyl sites for hydroxylation is 1. The molecule has 5 heteroatoms. The second-order valence-corrected chi connectivity index (χ2v) is 6.92. The van der Waals surface area contributed by atoms with Gasteiger partial charge in [-0.15, -0.1) is 0 Å². The predicted molar refractivity (Wildman–Crippen MR) is 107 cm³/mol. The summed E-state index contributed by atoms with van der Waals surface area (Å²) in [5.41, 5.74) is 5.90. The summed E-state index contributed by atoms with van der Waals surface area (Å²) in [6.45, 7) is 4.34. The van der Waals surface area contributed by atoms with Gasteiger partial charge in [-0.1, -0.05) is 24.3 Å². The van der Waals surface area contributed by atoms with Gasteiger partial charge in [0.1, 0.15) is 5.65 Å². The highest BCUT2D eigenvalue weighted by molar-refractivity contribution is 5.92. The molecule has 4 heterocycles. The van der Waals surface area contributed by atoms with Gasteiger partial charge in [0.15, 0.2) is 11.5 Å². The van der Waals surface area contributed by atoms with Crippen LogP contribution in [-0.4, -0.2) is 29.9 Å². The van der Waals surface area contributed by atoms with Crippen LogP contribution in [0.1, 0.15) is 17.7 Å². The molecule has 0 amide bonds. The van der Waals surface area contributed by atoms with Gasteiger partial charge in [0, 0.05) is 30.4 Å². The number of aromatic nitrogens is 2. The van der Waals surface area contributed by atoms with E-state index >= 15 is 0 Å². The first kappa shape index (κ1) is 16.0. The maximum Gasteiger partial charge on any atom is 0.231 e. The predicted octanol–water partition coefficient (Wildman–Crippen LogP) is 4.45. The number of nitrogens with zero attached hydrogens (tertiary/aromatic N) is 2. The molecule has 0 saturated heterocycles. The van der Waals surface area contributed by atoms with Crippen molar-refractivity contribution >= 4 is 22.8 Å². The Morgan fingerprint density at radius 2 is 2.07 bits per heavy atom. The summed E-state index contributed by atoms with van der Waals surface area (Å²) in [4.78, 5) is 10.2. The Balaban J connectivity index is 1.33. The lowest BCUT2D eigenvalue weighted by atomic mass is 10.0. The standard InChI is InChI=1S/C22H21N3O2/c1-15-21(18-3-2-10-23-22(18)24-15)25-11-8-16(9-12-25)4-5-17-6-7-19-20(13-17)27-14-26-19/h2-8,10,13H,9,11-12,14H2,1H3,(H,23,24)/b5-4+. The molecule has 2 aromatic heterocycles. The molecule has 5 nitrogen and oxygen atoms in total. The third kappa shape index (κ3) is 2.95. The van der Waals surface area contributed by atoms with E-state index in [1.54, 1.807) is 0 Å². The average molecular weight is 359 g/mol. The smallest absolute Gasteiger partial charge is 0.231 e. The van der Waals surface area contributed by atoms with Crippen LogP contribution in [0, 0.1) is 6.92 Å². The highest BCUT2D eigenvalue weighted by Crippen LogP contribution is 2.34. The van der Waals surface area contributed by atoms with Crippen LogP contribution in [0.5, 0.6) is 11.5 Å². The topological polar surface area (TPSA) is 50.4 Å². The average Bonchev–Trinajstić information content (AvgIpc) is 3.29. The zero-order valence-electron chi connectivity index (χ0n) is 15.2. The number of fused-ring (bicyclic) bond motifs is 2. The molecule has 2 aliphatic heterocycles. The lowest BCUT2D eigenvalue weighted by Crippen LogP contribution is -2.28. The summed E-state index contributed by atoms with van der Waals surface area (Å²) in [7, 11) is 0. The molecule has 1 aromatic carbocycles. The molecule has 27 heavy (non-hydrogen) atoms. The van der Waals surface area contributed by atoms with Gasteiger partial charge in [-0.2, -0.15) is 0 Å². The van der Waals surface area contributed by atoms with Gasteiger partial charge in [-0.25, -0.2) is 4.98 Å². The van der Waals surface area contributed by atoms with E-state index < -0.39 is 0 Å². The third-order valence-electron chi connectivity index (χ3n) is 5.17. The number of pyridine rings is 1. The number of benzene rings is 1. The van der Waals surface area contributed by atoms with Crippen molar-refractivity contribution in [2.75, 3.05) is 24.8 Å². The van der Waals surface area contributed by atoms with Crippen LogP contribution in [0.25, 0.3) is 17.1 Å². The minimum atomic E-state index is 0.312. The van der Waals surface area contributed by atoms with Crippen molar-refractivity contribution in [2.45, 2.75) is 13.3 Å². The SMILES string of the molecule is Cc1[nH]c2ncccc2c1N1CC=C(/C=C/c2ccc3c(c2)OCO3)CC1. The molecule has 0 unspecified atom stereocenters. The number of aromatic amines is 1. The molecular weight excluding hydrogens is 338 g/mol. The Kier molecular flexibility index (Phi) is 3.85. The van der Waals surface area contributed by atoms with Gasteiger partial charge in [-0.05, 0) is 48.7 Å². The van der Waals surface area contributed by atoms with Crippen molar-refractivity contribution in [3.63, 3.8) is 0 Å². The molecule has 0 spiro atoms. The van der Waals surface area contributed by atoms with Crippen LogP contribution >= 0.6 is 0 Å². The maximum absolute atomic E-state index is 5.45. The molecule has 0 saturated carbocycles. The van der Waals surface area contributed by atoms with Gasteiger partial charge >= 0.3 is 0 Å². The largest absolute Gasteiger partial charge is 0.454 e. The zero-order chi connectivity index (χ0) is 18.2. The summed E-state index contributed by atoms with van der Waals surface area (Å²) in [5.74, 6) is 1.65. The normalized spacial score (nSPS) is 16.3. The molecule has 0 bridgehead atoms. The van der Waals surface area contributed by atoms with Crippen LogP contribution in [0.4, 0.5) is 5.69 Å². The molecule has 5 rings (SSSR count). The molecule has 0 atom stereocenters. The summed E-state index contributed by atoms with van der Waals surface area (Å²) in [6.07, 6.45) is 9.51. The van der Waals surface area contributed by atoms with E-state index in [1.165, 1.54) is 22.3 Å². The van der Waals surface area contributed by atoms with Crippen LogP contribution in [0.3, 0.4) is 0 Å². The van der Waals surface area contributed by atoms with Gasteiger partial charge < -0.3 is 19.4 Å². The minimum absolute atomic E-state index is 0.312. The Bertz CT molecular complexity index is 1060.